The topological polar surface area (TPSA) is 66.8 Å². The Kier molecular flexibility index (Phi) is 5.92. The standard InChI is InChI=1S/C19H27NO4S/c1-25(23)12-9-19(14-21,16-5-3-2-4-6-16)18(22)24-17-13-20-10-7-15(17)8-11-20/h2-6,15,17,21H,7-14H2,1H3/t17?,19-,25-/m0/s1. The van der Waals surface area contributed by atoms with Crippen LogP contribution in [0.3, 0.4) is 0 Å². The first kappa shape index (κ1) is 18.5. The summed E-state index contributed by atoms with van der Waals surface area (Å²) in [6.45, 7) is 2.61. The van der Waals surface area contributed by atoms with Gasteiger partial charge in [-0.15, -0.1) is 0 Å². The lowest BCUT2D eigenvalue weighted by atomic mass is 9.78. The molecule has 1 aromatic rings. The molecule has 5 nitrogen and oxygen atoms in total. The van der Waals surface area contributed by atoms with Gasteiger partial charge in [-0.05, 0) is 43.8 Å². The highest BCUT2D eigenvalue weighted by Crippen LogP contribution is 2.34. The minimum Gasteiger partial charge on any atom is -0.460 e. The SMILES string of the molecule is C[S@](=O)CC[C@@](CO)(C(=O)OC1CN2CCC1CC2)c1ccccc1. The second-order valence-electron chi connectivity index (χ2n) is 7.22. The van der Waals surface area contributed by atoms with Gasteiger partial charge in [0.15, 0.2) is 0 Å². The number of benzene rings is 1. The van der Waals surface area contributed by atoms with Gasteiger partial charge in [0.05, 0.1) is 6.61 Å². The lowest BCUT2D eigenvalue weighted by Crippen LogP contribution is -2.54. The summed E-state index contributed by atoms with van der Waals surface area (Å²) in [5.41, 5.74) is -0.409. The number of ether oxygens (including phenoxy) is 1. The van der Waals surface area contributed by atoms with Gasteiger partial charge < -0.3 is 9.84 Å². The minimum atomic E-state index is -1.14. The Morgan fingerprint density at radius 1 is 1.32 bits per heavy atom. The van der Waals surface area contributed by atoms with E-state index in [9.17, 15) is 14.1 Å². The Morgan fingerprint density at radius 3 is 2.52 bits per heavy atom. The van der Waals surface area contributed by atoms with E-state index in [1.54, 1.807) is 6.26 Å². The van der Waals surface area contributed by atoms with E-state index in [0.29, 0.717) is 18.1 Å². The number of aliphatic hydroxyl groups excluding tert-OH is 1. The molecule has 0 saturated carbocycles. The summed E-state index contributed by atoms with van der Waals surface area (Å²) < 4.78 is 17.6. The van der Waals surface area contributed by atoms with Crippen molar-refractivity contribution in [2.45, 2.75) is 30.8 Å². The predicted molar refractivity (Wildman–Crippen MR) is 97.8 cm³/mol. The largest absolute Gasteiger partial charge is 0.460 e. The van der Waals surface area contributed by atoms with Crippen molar-refractivity contribution in [2.24, 2.45) is 5.92 Å². The van der Waals surface area contributed by atoms with Gasteiger partial charge in [-0.1, -0.05) is 30.3 Å². The molecule has 3 aliphatic heterocycles. The Morgan fingerprint density at radius 2 is 2.00 bits per heavy atom. The molecule has 0 aliphatic carbocycles. The first-order valence-corrected chi connectivity index (χ1v) is 10.7. The van der Waals surface area contributed by atoms with Gasteiger partial charge in [-0.25, -0.2) is 0 Å². The number of carbonyl (C=O) groups is 1. The van der Waals surface area contributed by atoms with Crippen LogP contribution in [-0.4, -0.2) is 64.5 Å². The molecular weight excluding hydrogens is 338 g/mol. The van der Waals surface area contributed by atoms with E-state index in [0.717, 1.165) is 38.0 Å². The number of fused-ring (bicyclic) bond motifs is 3. The van der Waals surface area contributed by atoms with Gasteiger partial charge in [0.25, 0.3) is 0 Å². The van der Waals surface area contributed by atoms with Crippen molar-refractivity contribution in [3.8, 4) is 0 Å². The normalized spacial score (nSPS) is 29.0. The monoisotopic (exact) mass is 365 g/mol. The number of carbonyl (C=O) groups excluding carboxylic acids is 1. The van der Waals surface area contributed by atoms with Crippen molar-refractivity contribution in [3.63, 3.8) is 0 Å². The lowest BCUT2D eigenvalue weighted by molar-refractivity contribution is -0.167. The molecule has 138 valence electrons. The zero-order valence-corrected chi connectivity index (χ0v) is 15.5. The fourth-order valence-electron chi connectivity index (χ4n) is 3.97. The maximum atomic E-state index is 13.2. The number of hydrogen-bond donors (Lipinski definition) is 1. The van der Waals surface area contributed by atoms with E-state index in [-0.39, 0.29) is 18.7 Å². The number of hydrogen-bond acceptors (Lipinski definition) is 5. The third kappa shape index (κ3) is 3.96. The van der Waals surface area contributed by atoms with Crippen molar-refractivity contribution >= 4 is 16.8 Å². The van der Waals surface area contributed by atoms with Crippen LogP contribution in [0.5, 0.6) is 0 Å². The summed E-state index contributed by atoms with van der Waals surface area (Å²) in [4.78, 5) is 15.5. The quantitative estimate of drug-likeness (QED) is 0.739. The van der Waals surface area contributed by atoms with Crippen LogP contribution < -0.4 is 0 Å². The fourth-order valence-corrected chi connectivity index (χ4v) is 4.60. The van der Waals surface area contributed by atoms with Crippen LogP contribution >= 0.6 is 0 Å². The molecule has 0 spiro atoms. The molecule has 3 saturated heterocycles. The van der Waals surface area contributed by atoms with Crippen LogP contribution in [0.1, 0.15) is 24.8 Å². The number of esters is 1. The average molecular weight is 365 g/mol. The smallest absolute Gasteiger partial charge is 0.319 e. The van der Waals surface area contributed by atoms with Crippen molar-refractivity contribution < 1.29 is 18.8 Å². The van der Waals surface area contributed by atoms with Crippen LogP contribution in [0, 0.1) is 5.92 Å². The number of rotatable bonds is 7. The van der Waals surface area contributed by atoms with Gasteiger partial charge in [-0.2, -0.15) is 0 Å². The molecule has 0 amide bonds. The molecule has 0 radical (unpaired) electrons. The third-order valence-electron chi connectivity index (χ3n) is 5.66. The average Bonchev–Trinajstić information content (AvgIpc) is 2.64. The fraction of sp³-hybridized carbons (Fsp3) is 0.632. The minimum absolute atomic E-state index is 0.100. The van der Waals surface area contributed by atoms with Crippen LogP contribution in [0.25, 0.3) is 0 Å². The van der Waals surface area contributed by atoms with Crippen molar-refractivity contribution in [3.05, 3.63) is 35.9 Å². The number of nitrogens with zero attached hydrogens (tertiary/aromatic N) is 1. The first-order chi connectivity index (χ1) is 12.0. The summed E-state index contributed by atoms with van der Waals surface area (Å²) in [5.74, 6) is 0.386. The van der Waals surface area contributed by atoms with Crippen molar-refractivity contribution in [1.29, 1.82) is 0 Å². The molecule has 1 unspecified atom stereocenters. The molecule has 3 atom stereocenters. The molecule has 1 N–H and O–H groups in total. The molecular formula is C19H27NO4S. The summed E-state index contributed by atoms with van der Waals surface area (Å²) in [6, 6.07) is 9.26. The van der Waals surface area contributed by atoms with Crippen LogP contribution in [0.15, 0.2) is 30.3 Å². The third-order valence-corrected chi connectivity index (χ3v) is 6.44. The summed E-state index contributed by atoms with van der Waals surface area (Å²) >= 11 is 0. The number of aliphatic hydroxyl groups is 1. The molecule has 25 heavy (non-hydrogen) atoms. The van der Waals surface area contributed by atoms with E-state index >= 15 is 0 Å². The maximum Gasteiger partial charge on any atom is 0.319 e. The van der Waals surface area contributed by atoms with E-state index in [1.165, 1.54) is 0 Å². The summed E-state index contributed by atoms with van der Waals surface area (Å²) in [7, 11) is -1.04. The van der Waals surface area contributed by atoms with Gasteiger partial charge in [-0.3, -0.25) is 13.9 Å². The zero-order valence-electron chi connectivity index (χ0n) is 14.7. The van der Waals surface area contributed by atoms with Gasteiger partial charge in [0.2, 0.25) is 0 Å². The highest BCUT2D eigenvalue weighted by Gasteiger charge is 2.45. The van der Waals surface area contributed by atoms with Gasteiger partial charge in [0.1, 0.15) is 11.5 Å². The van der Waals surface area contributed by atoms with Gasteiger partial charge >= 0.3 is 5.97 Å². The van der Waals surface area contributed by atoms with Crippen molar-refractivity contribution in [1.82, 2.24) is 4.90 Å². The molecule has 3 heterocycles. The van der Waals surface area contributed by atoms with E-state index in [2.05, 4.69) is 4.90 Å². The Balaban J connectivity index is 1.82. The molecule has 6 heteroatoms. The Labute approximate surface area is 151 Å². The van der Waals surface area contributed by atoms with Gasteiger partial charge in [0, 0.05) is 29.4 Å². The lowest BCUT2D eigenvalue weighted by Gasteiger charge is -2.45. The van der Waals surface area contributed by atoms with Crippen LogP contribution in [-0.2, 0) is 25.7 Å². The molecule has 3 fully saturated rings. The maximum absolute atomic E-state index is 13.2. The van der Waals surface area contributed by atoms with Crippen molar-refractivity contribution in [2.75, 3.05) is 38.2 Å². The molecule has 1 aromatic carbocycles. The molecule has 3 aliphatic rings. The Bertz CT molecular complexity index is 615. The highest BCUT2D eigenvalue weighted by atomic mass is 32.2. The summed E-state index contributed by atoms with van der Waals surface area (Å²) in [5, 5.41) is 10.2. The zero-order chi connectivity index (χ0) is 17.9. The molecule has 2 bridgehead atoms. The Hall–Kier alpha value is -1.24. The molecule has 4 rings (SSSR count). The van der Waals surface area contributed by atoms with E-state index in [1.807, 2.05) is 30.3 Å². The predicted octanol–water partition coefficient (Wildman–Crippen LogP) is 1.32. The van der Waals surface area contributed by atoms with Crippen LogP contribution in [0.2, 0.25) is 0 Å². The second kappa shape index (κ2) is 7.98. The summed E-state index contributed by atoms with van der Waals surface area (Å²) in [6.07, 6.45) is 3.96. The second-order valence-corrected chi connectivity index (χ2v) is 8.77. The number of piperidine rings is 3. The first-order valence-electron chi connectivity index (χ1n) is 8.95. The van der Waals surface area contributed by atoms with E-state index < -0.39 is 16.2 Å². The molecule has 0 aromatic heterocycles. The van der Waals surface area contributed by atoms with Crippen LogP contribution in [0.4, 0.5) is 0 Å². The highest BCUT2D eigenvalue weighted by molar-refractivity contribution is 7.84. The van der Waals surface area contributed by atoms with E-state index in [4.69, 9.17) is 4.74 Å².